The molecule has 1 rings (SSSR count). The van der Waals surface area contributed by atoms with Crippen molar-refractivity contribution in [3.05, 3.63) is 35.4 Å². The summed E-state index contributed by atoms with van der Waals surface area (Å²) in [6, 6.07) is 4.30. The molecule has 0 fully saturated rings. The Kier molecular flexibility index (Phi) is 6.83. The maximum Gasteiger partial charge on any atom is 0.162 e. The Bertz CT molecular complexity index is 354. The highest BCUT2D eigenvalue weighted by Gasteiger charge is 2.06. The third-order valence-electron chi connectivity index (χ3n) is 2.63. The molecule has 0 spiro atoms. The van der Waals surface area contributed by atoms with Crippen LogP contribution < -0.4 is 10.6 Å². The summed E-state index contributed by atoms with van der Waals surface area (Å²) >= 11 is 0. The first kappa shape index (κ1) is 15.1. The minimum Gasteiger partial charge on any atom is -0.315 e. The average molecular weight is 256 g/mol. The molecule has 0 saturated carbocycles. The van der Waals surface area contributed by atoms with Crippen LogP contribution in [0.3, 0.4) is 0 Å². The average Bonchev–Trinajstić information content (AvgIpc) is 2.32. The molecule has 1 aromatic carbocycles. The Morgan fingerprint density at radius 1 is 1.06 bits per heavy atom. The van der Waals surface area contributed by atoms with Gasteiger partial charge in [0.25, 0.3) is 0 Å². The molecular weight excluding hydrogens is 234 g/mol. The lowest BCUT2D eigenvalue weighted by molar-refractivity contribution is 0.495. The van der Waals surface area contributed by atoms with Crippen molar-refractivity contribution >= 4 is 0 Å². The van der Waals surface area contributed by atoms with Crippen molar-refractivity contribution < 1.29 is 8.78 Å². The number of hydrogen-bond acceptors (Lipinski definition) is 2. The third kappa shape index (κ3) is 5.56. The fraction of sp³-hybridized carbons (Fsp3) is 0.571. The van der Waals surface area contributed by atoms with Crippen LogP contribution in [0.1, 0.15) is 19.4 Å². The molecule has 0 amide bonds. The van der Waals surface area contributed by atoms with E-state index in [4.69, 9.17) is 0 Å². The van der Waals surface area contributed by atoms with E-state index in [9.17, 15) is 8.78 Å². The molecule has 0 aromatic heterocycles. The van der Waals surface area contributed by atoms with Gasteiger partial charge in [0, 0.05) is 13.1 Å². The second kappa shape index (κ2) is 8.16. The minimum atomic E-state index is -0.772. The van der Waals surface area contributed by atoms with Crippen LogP contribution in [0.5, 0.6) is 0 Å². The van der Waals surface area contributed by atoms with E-state index >= 15 is 0 Å². The lowest BCUT2D eigenvalue weighted by Crippen LogP contribution is -2.30. The van der Waals surface area contributed by atoms with E-state index in [1.54, 1.807) is 6.07 Å². The van der Waals surface area contributed by atoms with Gasteiger partial charge in [0.05, 0.1) is 0 Å². The summed E-state index contributed by atoms with van der Waals surface area (Å²) < 4.78 is 26.2. The van der Waals surface area contributed by atoms with Crippen LogP contribution in [0.4, 0.5) is 8.78 Å². The van der Waals surface area contributed by atoms with Gasteiger partial charge in [-0.25, -0.2) is 8.78 Å². The van der Waals surface area contributed by atoms with E-state index in [1.807, 2.05) is 0 Å². The molecule has 1 aromatic rings. The van der Waals surface area contributed by atoms with Gasteiger partial charge < -0.3 is 10.6 Å². The molecule has 0 unspecified atom stereocenters. The van der Waals surface area contributed by atoms with E-state index in [0.29, 0.717) is 24.4 Å². The Labute approximate surface area is 108 Å². The highest BCUT2D eigenvalue weighted by Crippen LogP contribution is 2.11. The SMILES string of the molecule is CC(C)CNCCNCCc1cccc(F)c1F. The number of rotatable bonds is 8. The number of hydrogen-bond donors (Lipinski definition) is 2. The van der Waals surface area contributed by atoms with Gasteiger partial charge in [-0.1, -0.05) is 26.0 Å². The smallest absolute Gasteiger partial charge is 0.162 e. The molecular formula is C14H22F2N2. The largest absolute Gasteiger partial charge is 0.315 e. The predicted octanol–water partition coefficient (Wildman–Crippen LogP) is 2.34. The van der Waals surface area contributed by atoms with Crippen molar-refractivity contribution in [3.63, 3.8) is 0 Å². The van der Waals surface area contributed by atoms with E-state index in [1.165, 1.54) is 6.07 Å². The quantitative estimate of drug-likeness (QED) is 0.698. The fourth-order valence-corrected chi connectivity index (χ4v) is 1.66. The summed E-state index contributed by atoms with van der Waals surface area (Å²) in [6.07, 6.45) is 0.508. The summed E-state index contributed by atoms with van der Waals surface area (Å²) in [7, 11) is 0. The van der Waals surface area contributed by atoms with Crippen LogP contribution in [-0.2, 0) is 6.42 Å². The molecule has 0 bridgehead atoms. The zero-order valence-electron chi connectivity index (χ0n) is 11.1. The van der Waals surface area contributed by atoms with Crippen molar-refractivity contribution in [1.82, 2.24) is 10.6 Å². The molecule has 2 nitrogen and oxygen atoms in total. The Morgan fingerprint density at radius 2 is 1.78 bits per heavy atom. The monoisotopic (exact) mass is 256 g/mol. The van der Waals surface area contributed by atoms with Gasteiger partial charge >= 0.3 is 0 Å². The minimum absolute atomic E-state index is 0.428. The molecule has 0 aliphatic carbocycles. The molecule has 0 radical (unpaired) electrons. The van der Waals surface area contributed by atoms with Gasteiger partial charge in [-0.05, 0) is 37.1 Å². The molecule has 0 aliphatic rings. The lowest BCUT2D eigenvalue weighted by Gasteiger charge is -2.09. The van der Waals surface area contributed by atoms with Crippen LogP contribution in [0.25, 0.3) is 0 Å². The van der Waals surface area contributed by atoms with Gasteiger partial charge in [-0.2, -0.15) is 0 Å². The predicted molar refractivity (Wildman–Crippen MR) is 70.6 cm³/mol. The van der Waals surface area contributed by atoms with E-state index in [2.05, 4.69) is 24.5 Å². The first-order valence-electron chi connectivity index (χ1n) is 6.45. The molecule has 0 saturated heterocycles. The summed E-state index contributed by atoms with van der Waals surface area (Å²) in [6.45, 7) is 7.71. The maximum absolute atomic E-state index is 13.3. The zero-order chi connectivity index (χ0) is 13.4. The van der Waals surface area contributed by atoms with Crippen LogP contribution in [0, 0.1) is 17.6 Å². The molecule has 0 heterocycles. The van der Waals surface area contributed by atoms with E-state index in [0.717, 1.165) is 25.7 Å². The van der Waals surface area contributed by atoms with Crippen LogP contribution in [-0.4, -0.2) is 26.2 Å². The van der Waals surface area contributed by atoms with Gasteiger partial charge in [-0.15, -0.1) is 0 Å². The van der Waals surface area contributed by atoms with Gasteiger partial charge in [0.15, 0.2) is 11.6 Å². The first-order chi connectivity index (χ1) is 8.61. The molecule has 4 heteroatoms. The number of nitrogens with one attached hydrogen (secondary N) is 2. The highest BCUT2D eigenvalue weighted by molar-refractivity contribution is 5.19. The topological polar surface area (TPSA) is 24.1 Å². The van der Waals surface area contributed by atoms with Gasteiger partial charge in [-0.3, -0.25) is 0 Å². The Morgan fingerprint density at radius 3 is 2.50 bits per heavy atom. The van der Waals surface area contributed by atoms with E-state index < -0.39 is 11.6 Å². The maximum atomic E-state index is 13.3. The first-order valence-corrected chi connectivity index (χ1v) is 6.45. The van der Waals surface area contributed by atoms with Crippen molar-refractivity contribution in [2.24, 2.45) is 5.92 Å². The van der Waals surface area contributed by atoms with Crippen LogP contribution in [0.2, 0.25) is 0 Å². The third-order valence-corrected chi connectivity index (χ3v) is 2.63. The number of benzene rings is 1. The fourth-order valence-electron chi connectivity index (χ4n) is 1.66. The molecule has 0 aliphatic heterocycles. The highest BCUT2D eigenvalue weighted by atomic mass is 19.2. The Hall–Kier alpha value is -1.00. The van der Waals surface area contributed by atoms with Crippen LogP contribution >= 0.6 is 0 Å². The van der Waals surface area contributed by atoms with Crippen molar-refractivity contribution in [2.75, 3.05) is 26.2 Å². The van der Waals surface area contributed by atoms with Crippen molar-refractivity contribution in [1.29, 1.82) is 0 Å². The molecule has 18 heavy (non-hydrogen) atoms. The summed E-state index contributed by atoms with van der Waals surface area (Å²) in [5.74, 6) is -0.852. The van der Waals surface area contributed by atoms with Crippen molar-refractivity contribution in [2.45, 2.75) is 20.3 Å². The molecule has 0 atom stereocenters. The van der Waals surface area contributed by atoms with Gasteiger partial charge in [0.1, 0.15) is 0 Å². The van der Waals surface area contributed by atoms with Crippen LogP contribution in [0.15, 0.2) is 18.2 Å². The summed E-state index contributed by atoms with van der Waals surface area (Å²) in [5.41, 5.74) is 0.428. The Balaban J connectivity index is 2.13. The zero-order valence-corrected chi connectivity index (χ0v) is 11.1. The molecule has 2 N–H and O–H groups in total. The molecule has 102 valence electrons. The van der Waals surface area contributed by atoms with E-state index in [-0.39, 0.29) is 0 Å². The van der Waals surface area contributed by atoms with Crippen molar-refractivity contribution in [3.8, 4) is 0 Å². The normalized spacial score (nSPS) is 11.2. The number of halogens is 2. The second-order valence-corrected chi connectivity index (χ2v) is 4.81. The second-order valence-electron chi connectivity index (χ2n) is 4.81. The summed E-state index contributed by atoms with van der Waals surface area (Å²) in [4.78, 5) is 0. The summed E-state index contributed by atoms with van der Waals surface area (Å²) in [5, 5.41) is 6.51. The lowest BCUT2D eigenvalue weighted by atomic mass is 10.1. The van der Waals surface area contributed by atoms with Gasteiger partial charge in [0.2, 0.25) is 0 Å². The standard InChI is InChI=1S/C14H22F2N2/c1-11(2)10-18-9-8-17-7-6-12-4-3-5-13(15)14(12)16/h3-5,11,17-18H,6-10H2,1-2H3.